The summed E-state index contributed by atoms with van der Waals surface area (Å²) in [4.78, 5) is 41.0. The van der Waals surface area contributed by atoms with Crippen molar-refractivity contribution in [3.05, 3.63) is 41.4 Å². The minimum atomic E-state index is -1.31. The van der Waals surface area contributed by atoms with Crippen molar-refractivity contribution in [2.75, 3.05) is 12.4 Å². The van der Waals surface area contributed by atoms with E-state index in [9.17, 15) is 28.8 Å². The van der Waals surface area contributed by atoms with E-state index in [1.54, 1.807) is 12.1 Å². The molecule has 3 rings (SSSR count). The molecule has 1 unspecified atom stereocenters. The highest BCUT2D eigenvalue weighted by Gasteiger charge is 2.54. The molecule has 0 saturated carbocycles. The molecule has 1 fully saturated rings. The Morgan fingerprint density at radius 3 is 2.77 bits per heavy atom. The Balaban J connectivity index is 1.78. The number of nitrogens with zero attached hydrogens (tertiary/aromatic N) is 2. The largest absolute Gasteiger partial charge is 0.477 e. The predicted molar refractivity (Wildman–Crippen MR) is 93.3 cm³/mol. The van der Waals surface area contributed by atoms with Crippen molar-refractivity contribution in [1.29, 1.82) is 0 Å². The summed E-state index contributed by atoms with van der Waals surface area (Å²) in [7, 11) is 0. The molecule has 0 aliphatic carbocycles. The van der Waals surface area contributed by atoms with Crippen molar-refractivity contribution in [3.63, 3.8) is 0 Å². The number of carbonyl (C=O) groups excluding carboxylic acids is 2. The molecule has 26 heavy (non-hydrogen) atoms. The zero-order valence-electron chi connectivity index (χ0n) is 13.1. The Morgan fingerprint density at radius 1 is 1.42 bits per heavy atom. The van der Waals surface area contributed by atoms with Crippen molar-refractivity contribution in [2.24, 2.45) is 0 Å². The van der Waals surface area contributed by atoms with Crippen LogP contribution in [0.1, 0.15) is 5.69 Å². The number of carbonyl (C=O) groups is 3. The molecule has 2 atom stereocenters. The summed E-state index contributed by atoms with van der Waals surface area (Å²) in [5, 5.41) is 20.5. The number of pyridine rings is 1. The third-order valence-corrected chi connectivity index (χ3v) is 5.82. The Hall–Kier alpha value is -2.50. The van der Waals surface area contributed by atoms with E-state index < -0.39 is 35.8 Å². The zero-order chi connectivity index (χ0) is 18.8. The van der Waals surface area contributed by atoms with Gasteiger partial charge in [-0.05, 0) is 17.7 Å². The van der Waals surface area contributed by atoms with Crippen LogP contribution in [-0.2, 0) is 25.6 Å². The first-order valence-electron chi connectivity index (χ1n) is 7.39. The number of hydrogen-bond acceptors (Lipinski definition) is 7. The Bertz CT molecular complexity index is 865. The van der Waals surface area contributed by atoms with E-state index in [1.807, 2.05) is 0 Å². The molecule has 0 bridgehead atoms. The van der Waals surface area contributed by atoms with E-state index in [0.29, 0.717) is 0 Å². The van der Waals surface area contributed by atoms with Crippen LogP contribution in [-0.4, -0.2) is 70.7 Å². The smallest absolute Gasteiger partial charge is 0.352 e. The quantitative estimate of drug-likeness (QED) is 0.313. The molecule has 3 heterocycles. The molecule has 1 aromatic rings. The molecule has 0 aromatic carbocycles. The predicted octanol–water partition coefficient (Wildman–Crippen LogP) is -1.45. The van der Waals surface area contributed by atoms with Crippen molar-refractivity contribution >= 4 is 45.7 Å². The molecule has 11 heteroatoms. The lowest BCUT2D eigenvalue weighted by Gasteiger charge is -2.49. The van der Waals surface area contributed by atoms with Gasteiger partial charge in [-0.2, -0.15) is 0 Å². The average molecular weight is 395 g/mol. The molecule has 136 valence electrons. The molecule has 2 aliphatic heterocycles. The van der Waals surface area contributed by atoms with Gasteiger partial charge in [-0.15, -0.1) is 11.8 Å². The van der Waals surface area contributed by atoms with Crippen molar-refractivity contribution < 1.29 is 28.8 Å². The number of hydrogen-bond donors (Lipinski definition) is 3. The number of aliphatic hydroxyl groups excluding tert-OH is 1. The van der Waals surface area contributed by atoms with E-state index in [2.05, 4.69) is 10.3 Å². The molecule has 1 aromatic heterocycles. The van der Waals surface area contributed by atoms with E-state index in [0.717, 1.165) is 4.90 Å². The maximum Gasteiger partial charge on any atom is 0.352 e. The van der Waals surface area contributed by atoms with Crippen LogP contribution in [0.2, 0.25) is 0 Å². The van der Waals surface area contributed by atoms with Crippen LogP contribution in [0.3, 0.4) is 0 Å². The third kappa shape index (κ3) is 3.04. The van der Waals surface area contributed by atoms with Crippen molar-refractivity contribution in [3.8, 4) is 0 Å². The second-order valence-corrected chi connectivity index (χ2v) is 7.08. The number of carboxylic acids is 1. The molecule has 0 spiro atoms. The van der Waals surface area contributed by atoms with Gasteiger partial charge in [0.25, 0.3) is 11.8 Å². The fourth-order valence-electron chi connectivity index (χ4n) is 2.71. The number of aliphatic hydroxyl groups is 1. The first-order chi connectivity index (χ1) is 12.5. The lowest BCUT2D eigenvalue weighted by Crippen LogP contribution is -2.71. The van der Waals surface area contributed by atoms with Gasteiger partial charge in [0.05, 0.1) is 12.3 Å². The second-order valence-electron chi connectivity index (χ2n) is 5.40. The normalized spacial score (nSPS) is 21.6. The maximum absolute atomic E-state index is 12.4. The van der Waals surface area contributed by atoms with Crippen LogP contribution >= 0.6 is 11.8 Å². The Morgan fingerprint density at radius 2 is 2.19 bits per heavy atom. The lowest BCUT2D eigenvalue weighted by atomic mass is 10.0. The molecule has 2 aliphatic rings. The van der Waals surface area contributed by atoms with Crippen LogP contribution in [0.4, 0.5) is 0 Å². The first-order valence-corrected chi connectivity index (χ1v) is 9.18. The van der Waals surface area contributed by atoms with Crippen molar-refractivity contribution in [2.45, 2.75) is 11.4 Å². The maximum atomic E-state index is 12.4. The van der Waals surface area contributed by atoms with Crippen LogP contribution in [0.25, 0.3) is 0 Å². The van der Waals surface area contributed by atoms with E-state index in [4.69, 9.17) is 0 Å². The molecule has 2 amide bonds. The highest BCUT2D eigenvalue weighted by molar-refractivity contribution is 8.00. The van der Waals surface area contributed by atoms with Gasteiger partial charge >= 0.3 is 5.97 Å². The Kier molecular flexibility index (Phi) is 5.20. The zero-order valence-corrected chi connectivity index (χ0v) is 14.7. The summed E-state index contributed by atoms with van der Waals surface area (Å²) in [5.74, 6) is -2.42. The molecular formula is C15H13N3O6S2. The molecular weight excluding hydrogens is 382 g/mol. The Labute approximate surface area is 155 Å². The standard InChI is InChI=1S/C15H13N3O6S2/c19-5-7-6-25-14-9(13(21)18(14)10(7)15(22)23)17-12(20)11(26-24)8-3-1-2-4-16-8/h1-4,9,14,19H,5-6H2,(H,17,20)(H,22,23)/t9?,14-/m1/s1. The number of carboxylic acid groups (broad SMARTS) is 1. The third-order valence-electron chi connectivity index (χ3n) is 3.91. The minimum Gasteiger partial charge on any atom is -0.477 e. The van der Waals surface area contributed by atoms with Gasteiger partial charge in [-0.3, -0.25) is 19.5 Å². The topological polar surface area (TPSA) is 137 Å². The van der Waals surface area contributed by atoms with Crippen LogP contribution in [0.15, 0.2) is 35.7 Å². The number of fused-ring (bicyclic) bond motifs is 1. The van der Waals surface area contributed by atoms with Gasteiger partial charge < -0.3 is 15.5 Å². The molecule has 1 saturated heterocycles. The SMILES string of the molecule is O=S=C(C(=O)NC1C(=O)N2C(C(=O)O)=C(CO)CS[C@H]12)c1ccccn1. The lowest BCUT2D eigenvalue weighted by molar-refractivity contribution is -0.150. The number of thioether (sulfide) groups is 1. The van der Waals surface area contributed by atoms with Gasteiger partial charge in [0.1, 0.15) is 28.4 Å². The average Bonchev–Trinajstić information content (AvgIpc) is 2.66. The fourth-order valence-corrected chi connectivity index (χ4v) is 4.38. The second kappa shape index (κ2) is 7.40. The molecule has 0 radical (unpaired) electrons. The van der Waals surface area contributed by atoms with Crippen LogP contribution in [0.5, 0.6) is 0 Å². The first kappa shape index (κ1) is 18.3. The highest BCUT2D eigenvalue weighted by Crippen LogP contribution is 2.40. The summed E-state index contributed by atoms with van der Waals surface area (Å²) in [5.41, 5.74) is 0.185. The number of β-lactam (4-membered cyclic amide) rings is 1. The van der Waals surface area contributed by atoms with Gasteiger partial charge in [-0.25, -0.2) is 9.00 Å². The number of aromatic nitrogens is 1. The minimum absolute atomic E-state index is 0.0283. The summed E-state index contributed by atoms with van der Waals surface area (Å²) in [6, 6.07) is 3.81. The molecule has 3 N–H and O–H groups in total. The number of nitrogens with one attached hydrogen (secondary N) is 1. The summed E-state index contributed by atoms with van der Waals surface area (Å²) < 4.78 is 11.3. The monoisotopic (exact) mass is 395 g/mol. The van der Waals surface area contributed by atoms with E-state index in [-0.39, 0.29) is 38.8 Å². The van der Waals surface area contributed by atoms with Gasteiger partial charge in [-0.1, -0.05) is 6.07 Å². The van der Waals surface area contributed by atoms with E-state index in [1.165, 1.54) is 24.0 Å². The van der Waals surface area contributed by atoms with Gasteiger partial charge in [0, 0.05) is 11.9 Å². The highest BCUT2D eigenvalue weighted by atomic mass is 32.2. The summed E-state index contributed by atoms with van der Waals surface area (Å²) in [6.07, 6.45) is 1.44. The number of aliphatic carboxylic acids is 1. The van der Waals surface area contributed by atoms with Gasteiger partial charge in [0.15, 0.2) is 4.86 Å². The number of rotatable bonds is 5. The molecule has 9 nitrogen and oxygen atoms in total. The van der Waals surface area contributed by atoms with Gasteiger partial charge in [0.2, 0.25) is 0 Å². The van der Waals surface area contributed by atoms with Crippen LogP contribution in [0, 0.1) is 0 Å². The van der Waals surface area contributed by atoms with Crippen LogP contribution < -0.4 is 5.32 Å². The summed E-state index contributed by atoms with van der Waals surface area (Å²) >= 11 is 1.21. The number of amides is 2. The van der Waals surface area contributed by atoms with E-state index >= 15 is 0 Å². The fraction of sp³-hybridized carbons (Fsp3) is 0.267. The van der Waals surface area contributed by atoms with Crippen molar-refractivity contribution in [1.82, 2.24) is 15.2 Å². The summed E-state index contributed by atoms with van der Waals surface area (Å²) in [6.45, 7) is -0.466.